The van der Waals surface area contributed by atoms with Crippen molar-refractivity contribution in [2.24, 2.45) is 11.7 Å². The van der Waals surface area contributed by atoms with E-state index in [0.717, 1.165) is 32.1 Å². The number of nitrogens with one attached hydrogen (secondary N) is 1. The van der Waals surface area contributed by atoms with E-state index in [0.29, 0.717) is 31.6 Å². The van der Waals surface area contributed by atoms with Crippen molar-refractivity contribution in [1.82, 2.24) is 5.32 Å². The molecule has 5 heteroatoms. The predicted molar refractivity (Wildman–Crippen MR) is 76.1 cm³/mol. The van der Waals surface area contributed by atoms with Crippen LogP contribution in [0.15, 0.2) is 0 Å². The zero-order valence-corrected chi connectivity index (χ0v) is 12.3. The van der Waals surface area contributed by atoms with E-state index in [1.165, 1.54) is 0 Å². The summed E-state index contributed by atoms with van der Waals surface area (Å²) in [6, 6.07) is 0. The molecule has 0 aromatic rings. The first-order chi connectivity index (χ1) is 9.42. The Morgan fingerprint density at radius 1 is 1.20 bits per heavy atom. The first kappa shape index (κ1) is 15.3. The number of rotatable bonds is 4. The van der Waals surface area contributed by atoms with E-state index in [1.54, 1.807) is 0 Å². The van der Waals surface area contributed by atoms with Crippen molar-refractivity contribution >= 4 is 11.9 Å². The van der Waals surface area contributed by atoms with Gasteiger partial charge in [0.2, 0.25) is 5.91 Å². The largest absolute Gasteiger partial charge is 0.480 e. The highest BCUT2D eigenvalue weighted by atomic mass is 16.4. The number of carboxylic acids is 1. The molecule has 0 spiro atoms. The molecule has 0 heterocycles. The number of carboxylic acid groups (broad SMARTS) is 1. The number of hydrogen-bond donors (Lipinski definition) is 3. The van der Waals surface area contributed by atoms with Gasteiger partial charge in [0.25, 0.3) is 0 Å². The summed E-state index contributed by atoms with van der Waals surface area (Å²) in [5.74, 6) is -0.605. The number of aliphatic carboxylic acids is 1. The number of carbonyl (C=O) groups is 2. The number of carbonyl (C=O) groups excluding carboxylic acids is 1. The lowest BCUT2D eigenvalue weighted by Crippen LogP contribution is -2.63. The monoisotopic (exact) mass is 282 g/mol. The minimum Gasteiger partial charge on any atom is -0.480 e. The molecular weight excluding hydrogens is 256 g/mol. The quantitative estimate of drug-likeness (QED) is 0.733. The van der Waals surface area contributed by atoms with Crippen molar-refractivity contribution in [1.29, 1.82) is 0 Å². The van der Waals surface area contributed by atoms with E-state index in [4.69, 9.17) is 5.73 Å². The Hall–Kier alpha value is -1.10. The molecule has 0 unspecified atom stereocenters. The topological polar surface area (TPSA) is 92.4 Å². The lowest BCUT2D eigenvalue weighted by molar-refractivity contribution is -0.150. The summed E-state index contributed by atoms with van der Waals surface area (Å²) >= 11 is 0. The molecule has 0 saturated heterocycles. The molecule has 0 aromatic heterocycles. The van der Waals surface area contributed by atoms with Gasteiger partial charge in [0.15, 0.2) is 0 Å². The molecular formula is C15H26N2O3. The molecule has 2 aliphatic rings. The van der Waals surface area contributed by atoms with Gasteiger partial charge in [-0.1, -0.05) is 26.2 Å². The minimum absolute atomic E-state index is 0.271. The Morgan fingerprint density at radius 2 is 1.75 bits per heavy atom. The smallest absolute Gasteiger partial charge is 0.329 e. The first-order valence-corrected chi connectivity index (χ1v) is 7.77. The van der Waals surface area contributed by atoms with Crippen molar-refractivity contribution in [3.05, 3.63) is 0 Å². The Kier molecular flexibility index (Phi) is 4.37. The summed E-state index contributed by atoms with van der Waals surface area (Å²) in [4.78, 5) is 24.1. The molecule has 20 heavy (non-hydrogen) atoms. The molecule has 114 valence electrons. The van der Waals surface area contributed by atoms with Gasteiger partial charge in [-0.2, -0.15) is 0 Å². The van der Waals surface area contributed by atoms with E-state index in [-0.39, 0.29) is 5.91 Å². The third-order valence-corrected chi connectivity index (χ3v) is 5.25. The maximum atomic E-state index is 12.4. The van der Waals surface area contributed by atoms with Crippen LogP contribution in [0.25, 0.3) is 0 Å². The van der Waals surface area contributed by atoms with E-state index in [2.05, 4.69) is 12.2 Å². The van der Waals surface area contributed by atoms with Gasteiger partial charge in [0.1, 0.15) is 5.54 Å². The van der Waals surface area contributed by atoms with Crippen LogP contribution in [0.1, 0.15) is 64.7 Å². The summed E-state index contributed by atoms with van der Waals surface area (Å²) in [7, 11) is 0. The third-order valence-electron chi connectivity index (χ3n) is 5.25. The van der Waals surface area contributed by atoms with Crippen molar-refractivity contribution in [3.63, 3.8) is 0 Å². The van der Waals surface area contributed by atoms with Gasteiger partial charge in [-0.15, -0.1) is 0 Å². The average Bonchev–Trinajstić information content (AvgIpc) is 2.87. The van der Waals surface area contributed by atoms with Crippen molar-refractivity contribution in [2.45, 2.75) is 75.8 Å². The standard InChI is InChI=1S/C15H26N2O3/c1-2-11-5-9-15(10-6-11,13(19)20)17-12(18)14(16)7-3-4-8-14/h11H,2-10,16H2,1H3,(H,17,18)(H,19,20). The zero-order valence-electron chi connectivity index (χ0n) is 12.3. The fraction of sp³-hybridized carbons (Fsp3) is 0.867. The van der Waals surface area contributed by atoms with Crippen LogP contribution in [0, 0.1) is 5.92 Å². The predicted octanol–water partition coefficient (Wildman–Crippen LogP) is 1.80. The molecule has 0 radical (unpaired) electrons. The lowest BCUT2D eigenvalue weighted by atomic mass is 9.75. The maximum Gasteiger partial charge on any atom is 0.329 e. The molecule has 0 atom stereocenters. The van der Waals surface area contributed by atoms with Gasteiger partial charge >= 0.3 is 5.97 Å². The fourth-order valence-corrected chi connectivity index (χ4v) is 3.55. The van der Waals surface area contributed by atoms with Crippen LogP contribution in [0.4, 0.5) is 0 Å². The summed E-state index contributed by atoms with van der Waals surface area (Å²) in [5.41, 5.74) is 4.17. The van der Waals surface area contributed by atoms with Crippen LogP contribution in [-0.2, 0) is 9.59 Å². The lowest BCUT2D eigenvalue weighted by Gasteiger charge is -2.39. The van der Waals surface area contributed by atoms with Gasteiger partial charge < -0.3 is 16.2 Å². The highest BCUT2D eigenvalue weighted by molar-refractivity contribution is 5.92. The van der Waals surface area contributed by atoms with Crippen molar-refractivity contribution < 1.29 is 14.7 Å². The SMILES string of the molecule is CCC1CCC(NC(=O)C2(N)CCCC2)(C(=O)O)CC1. The highest BCUT2D eigenvalue weighted by Crippen LogP contribution is 2.35. The third kappa shape index (κ3) is 2.82. The van der Waals surface area contributed by atoms with Crippen LogP contribution < -0.4 is 11.1 Å². The zero-order chi connectivity index (χ0) is 14.8. The molecule has 0 bridgehead atoms. The van der Waals surface area contributed by atoms with Crippen molar-refractivity contribution in [3.8, 4) is 0 Å². The van der Waals surface area contributed by atoms with Crippen LogP contribution in [-0.4, -0.2) is 28.1 Å². The van der Waals surface area contributed by atoms with E-state index < -0.39 is 17.0 Å². The van der Waals surface area contributed by atoms with Crippen LogP contribution in [0.5, 0.6) is 0 Å². The Morgan fingerprint density at radius 3 is 2.20 bits per heavy atom. The Bertz CT molecular complexity index is 381. The Labute approximate surface area is 120 Å². The first-order valence-electron chi connectivity index (χ1n) is 7.77. The summed E-state index contributed by atoms with van der Waals surface area (Å²) in [5, 5.41) is 12.4. The van der Waals surface area contributed by atoms with Crippen LogP contribution >= 0.6 is 0 Å². The van der Waals surface area contributed by atoms with Crippen LogP contribution in [0.2, 0.25) is 0 Å². The molecule has 2 rings (SSSR count). The number of amides is 1. The molecule has 0 aliphatic heterocycles. The molecule has 1 amide bonds. The van der Waals surface area contributed by atoms with Gasteiger partial charge in [-0.05, 0) is 44.4 Å². The molecule has 2 saturated carbocycles. The fourth-order valence-electron chi connectivity index (χ4n) is 3.55. The molecule has 4 N–H and O–H groups in total. The maximum absolute atomic E-state index is 12.4. The molecule has 5 nitrogen and oxygen atoms in total. The second kappa shape index (κ2) is 5.72. The van der Waals surface area contributed by atoms with Gasteiger partial charge in [-0.25, -0.2) is 4.79 Å². The second-order valence-corrected chi connectivity index (χ2v) is 6.56. The van der Waals surface area contributed by atoms with Crippen LogP contribution in [0.3, 0.4) is 0 Å². The average molecular weight is 282 g/mol. The molecule has 2 aliphatic carbocycles. The van der Waals surface area contributed by atoms with Gasteiger partial charge in [0, 0.05) is 0 Å². The summed E-state index contributed by atoms with van der Waals surface area (Å²) < 4.78 is 0. The van der Waals surface area contributed by atoms with Gasteiger partial charge in [0.05, 0.1) is 5.54 Å². The normalized spacial score (nSPS) is 32.8. The molecule has 0 aromatic carbocycles. The van der Waals surface area contributed by atoms with Crippen molar-refractivity contribution in [2.75, 3.05) is 0 Å². The Balaban J connectivity index is 2.06. The summed E-state index contributed by atoms with van der Waals surface area (Å²) in [6.07, 6.45) is 7.04. The molecule has 2 fully saturated rings. The number of hydrogen-bond acceptors (Lipinski definition) is 3. The summed E-state index contributed by atoms with van der Waals surface area (Å²) in [6.45, 7) is 2.13. The number of nitrogens with two attached hydrogens (primary N) is 1. The highest BCUT2D eigenvalue weighted by Gasteiger charge is 2.47. The van der Waals surface area contributed by atoms with E-state index in [9.17, 15) is 14.7 Å². The second-order valence-electron chi connectivity index (χ2n) is 6.56. The minimum atomic E-state index is -1.10. The van der Waals surface area contributed by atoms with E-state index >= 15 is 0 Å². The van der Waals surface area contributed by atoms with E-state index in [1.807, 2.05) is 0 Å². The van der Waals surface area contributed by atoms with Gasteiger partial charge in [-0.3, -0.25) is 4.79 Å².